The Morgan fingerprint density at radius 3 is 2.88 bits per heavy atom. The molecule has 136 valence electrons. The predicted molar refractivity (Wildman–Crippen MR) is 95.3 cm³/mol. The van der Waals surface area contributed by atoms with E-state index in [1.165, 1.54) is 12.3 Å². The fourth-order valence-electron chi connectivity index (χ4n) is 3.07. The van der Waals surface area contributed by atoms with E-state index < -0.39 is 5.82 Å². The lowest BCUT2D eigenvalue weighted by molar-refractivity contribution is -0.114. The molecular weight excluding hydrogens is 337 g/mol. The summed E-state index contributed by atoms with van der Waals surface area (Å²) in [6, 6.07) is 1.22. The molecule has 1 saturated heterocycles. The van der Waals surface area contributed by atoms with Gasteiger partial charge in [0.05, 0.1) is 18.1 Å². The minimum Gasteiger partial charge on any atom is -0.365 e. The fourth-order valence-corrected chi connectivity index (χ4v) is 3.07. The number of carbonyl (C=O) groups excluding carboxylic acids is 1. The maximum Gasteiger partial charge on any atom is 0.275 e. The van der Waals surface area contributed by atoms with Gasteiger partial charge in [-0.3, -0.25) is 9.78 Å². The summed E-state index contributed by atoms with van der Waals surface area (Å²) in [6.45, 7) is 3.74. The minimum absolute atomic E-state index is 0.197. The number of halogens is 1. The zero-order chi connectivity index (χ0) is 18.1. The summed E-state index contributed by atoms with van der Waals surface area (Å²) in [5, 5.41) is 12.1. The molecule has 1 aromatic heterocycles. The van der Waals surface area contributed by atoms with Crippen molar-refractivity contribution in [3.63, 3.8) is 0 Å². The van der Waals surface area contributed by atoms with Gasteiger partial charge in [-0.1, -0.05) is 0 Å². The van der Waals surface area contributed by atoms with Gasteiger partial charge in [0.2, 0.25) is 0 Å². The molecule has 1 unspecified atom stereocenters. The summed E-state index contributed by atoms with van der Waals surface area (Å²) in [7, 11) is 2.10. The smallest absolute Gasteiger partial charge is 0.275 e. The van der Waals surface area contributed by atoms with E-state index in [-0.39, 0.29) is 12.1 Å². The molecule has 1 aromatic rings. The number of piperazine rings is 1. The highest BCUT2D eigenvalue weighted by Crippen LogP contribution is 2.22. The standard InChI is InChI=1S/C17H20FN7O/c1-23-4-6-24(7-5-23)16-3-2-15-20-11-14(25(15)22-16)17(26)21-13-8-12(18)9-19-10-13/h2-3,8-11,15,20H,4-7H2,1H3,(H,21,26). The summed E-state index contributed by atoms with van der Waals surface area (Å²) in [5.74, 6) is -0.0381. The van der Waals surface area contributed by atoms with Crippen LogP contribution in [0.15, 0.2) is 47.6 Å². The quantitative estimate of drug-likeness (QED) is 0.796. The third-order valence-electron chi connectivity index (χ3n) is 4.56. The molecule has 0 aliphatic carbocycles. The van der Waals surface area contributed by atoms with Crippen LogP contribution in [-0.2, 0) is 4.79 Å². The topological polar surface area (TPSA) is 76.1 Å². The van der Waals surface area contributed by atoms with Crippen molar-refractivity contribution in [3.05, 3.63) is 48.3 Å². The van der Waals surface area contributed by atoms with Crippen molar-refractivity contribution < 1.29 is 9.18 Å². The van der Waals surface area contributed by atoms with Crippen LogP contribution in [0, 0.1) is 5.82 Å². The highest BCUT2D eigenvalue weighted by molar-refractivity contribution is 6.04. The number of anilines is 1. The number of carbonyl (C=O) groups is 1. The molecule has 3 aliphatic heterocycles. The Bertz CT molecular complexity index is 798. The van der Waals surface area contributed by atoms with E-state index in [0.29, 0.717) is 11.4 Å². The number of hydrogen-bond acceptors (Lipinski definition) is 7. The molecule has 0 spiro atoms. The van der Waals surface area contributed by atoms with Gasteiger partial charge in [-0.2, -0.15) is 5.10 Å². The summed E-state index contributed by atoms with van der Waals surface area (Å²) in [6.07, 6.45) is 7.86. The lowest BCUT2D eigenvalue weighted by atomic mass is 10.2. The van der Waals surface area contributed by atoms with Gasteiger partial charge in [0, 0.05) is 38.4 Å². The van der Waals surface area contributed by atoms with Crippen LogP contribution in [0.4, 0.5) is 10.1 Å². The fraction of sp³-hybridized carbons (Fsp3) is 0.353. The molecule has 1 amide bonds. The summed E-state index contributed by atoms with van der Waals surface area (Å²) in [5.41, 5.74) is 0.672. The predicted octanol–water partition coefficient (Wildman–Crippen LogP) is 0.363. The number of nitrogens with zero attached hydrogens (tertiary/aromatic N) is 5. The van der Waals surface area contributed by atoms with E-state index in [0.717, 1.165) is 38.2 Å². The first kappa shape index (κ1) is 16.5. The monoisotopic (exact) mass is 357 g/mol. The number of rotatable bonds is 2. The zero-order valence-electron chi connectivity index (χ0n) is 14.4. The summed E-state index contributed by atoms with van der Waals surface area (Å²) in [4.78, 5) is 20.8. The first-order valence-corrected chi connectivity index (χ1v) is 8.48. The molecule has 1 atom stereocenters. The molecule has 2 N–H and O–H groups in total. The van der Waals surface area contributed by atoms with Crippen molar-refractivity contribution in [1.82, 2.24) is 25.1 Å². The number of fused-ring (bicyclic) bond motifs is 1. The molecule has 9 heteroatoms. The second kappa shape index (κ2) is 6.75. The van der Waals surface area contributed by atoms with Crippen molar-refractivity contribution in [1.29, 1.82) is 0 Å². The molecule has 8 nitrogen and oxygen atoms in total. The second-order valence-electron chi connectivity index (χ2n) is 6.44. The largest absolute Gasteiger partial charge is 0.365 e. The van der Waals surface area contributed by atoms with Crippen LogP contribution in [0.25, 0.3) is 0 Å². The lowest BCUT2D eigenvalue weighted by Crippen LogP contribution is -2.49. The van der Waals surface area contributed by atoms with Crippen LogP contribution in [0.1, 0.15) is 0 Å². The number of likely N-dealkylation sites (N-methyl/N-ethyl adjacent to an activating group) is 1. The Morgan fingerprint density at radius 1 is 1.31 bits per heavy atom. The van der Waals surface area contributed by atoms with E-state index in [1.807, 2.05) is 12.2 Å². The molecule has 3 aliphatic rings. The van der Waals surface area contributed by atoms with Crippen molar-refractivity contribution in [2.24, 2.45) is 5.10 Å². The molecule has 0 radical (unpaired) electrons. The maximum absolute atomic E-state index is 13.3. The van der Waals surface area contributed by atoms with E-state index in [1.54, 1.807) is 11.2 Å². The van der Waals surface area contributed by atoms with Gasteiger partial charge in [-0.15, -0.1) is 0 Å². The Hall–Kier alpha value is -2.94. The molecule has 1 fully saturated rings. The number of hydrazone groups is 1. The summed E-state index contributed by atoms with van der Waals surface area (Å²) < 4.78 is 13.3. The number of hydrogen-bond donors (Lipinski definition) is 2. The molecule has 26 heavy (non-hydrogen) atoms. The average Bonchev–Trinajstić information content (AvgIpc) is 3.05. The number of amidine groups is 1. The molecule has 0 bridgehead atoms. The van der Waals surface area contributed by atoms with E-state index in [9.17, 15) is 9.18 Å². The van der Waals surface area contributed by atoms with Crippen molar-refractivity contribution in [2.75, 3.05) is 38.5 Å². The van der Waals surface area contributed by atoms with Crippen LogP contribution < -0.4 is 10.6 Å². The van der Waals surface area contributed by atoms with Crippen LogP contribution in [0.2, 0.25) is 0 Å². The first-order valence-electron chi connectivity index (χ1n) is 8.48. The SMILES string of the molecule is CN1CCN(C2=NN3C(C(=O)Nc4cncc(F)c4)=CNC3C=C2)CC1. The van der Waals surface area contributed by atoms with E-state index >= 15 is 0 Å². The number of pyridine rings is 1. The normalized spacial score (nSPS) is 22.5. The molecule has 0 saturated carbocycles. The van der Waals surface area contributed by atoms with Gasteiger partial charge in [-0.05, 0) is 19.2 Å². The third kappa shape index (κ3) is 3.25. The van der Waals surface area contributed by atoms with Crippen LogP contribution >= 0.6 is 0 Å². The molecule has 0 aromatic carbocycles. The van der Waals surface area contributed by atoms with E-state index in [4.69, 9.17) is 0 Å². The maximum atomic E-state index is 13.3. The van der Waals surface area contributed by atoms with Crippen LogP contribution in [0.5, 0.6) is 0 Å². The minimum atomic E-state index is -0.504. The van der Waals surface area contributed by atoms with Crippen LogP contribution in [0.3, 0.4) is 0 Å². The Balaban J connectivity index is 1.48. The number of nitrogens with one attached hydrogen (secondary N) is 2. The third-order valence-corrected chi connectivity index (χ3v) is 4.56. The Kier molecular flexibility index (Phi) is 4.29. The number of amides is 1. The second-order valence-corrected chi connectivity index (χ2v) is 6.44. The van der Waals surface area contributed by atoms with Crippen molar-refractivity contribution in [2.45, 2.75) is 6.17 Å². The lowest BCUT2D eigenvalue weighted by Gasteiger charge is -2.36. The van der Waals surface area contributed by atoms with Crippen molar-refractivity contribution >= 4 is 17.4 Å². The first-order chi connectivity index (χ1) is 12.6. The van der Waals surface area contributed by atoms with Crippen LogP contribution in [-0.4, -0.2) is 70.9 Å². The Labute approximate surface area is 150 Å². The highest BCUT2D eigenvalue weighted by Gasteiger charge is 2.32. The Morgan fingerprint density at radius 2 is 2.12 bits per heavy atom. The van der Waals surface area contributed by atoms with Gasteiger partial charge in [0.15, 0.2) is 0 Å². The van der Waals surface area contributed by atoms with Gasteiger partial charge in [-0.25, -0.2) is 9.40 Å². The molecule has 4 heterocycles. The average molecular weight is 357 g/mol. The molecular formula is C17H20FN7O. The summed E-state index contributed by atoms with van der Waals surface area (Å²) >= 11 is 0. The van der Waals surface area contributed by atoms with Gasteiger partial charge < -0.3 is 20.4 Å². The number of aromatic nitrogens is 1. The zero-order valence-corrected chi connectivity index (χ0v) is 14.4. The highest BCUT2D eigenvalue weighted by atomic mass is 19.1. The van der Waals surface area contributed by atoms with Gasteiger partial charge in [0.25, 0.3) is 5.91 Å². The van der Waals surface area contributed by atoms with Crippen molar-refractivity contribution in [3.8, 4) is 0 Å². The van der Waals surface area contributed by atoms with E-state index in [2.05, 4.69) is 37.6 Å². The van der Waals surface area contributed by atoms with Gasteiger partial charge in [0.1, 0.15) is 23.5 Å². The van der Waals surface area contributed by atoms with Gasteiger partial charge >= 0.3 is 0 Å². The molecule has 4 rings (SSSR count).